The number of hydrogen-bond acceptors (Lipinski definition) is 4. The smallest absolute Gasteiger partial charge is 0.262 e. The van der Waals surface area contributed by atoms with Gasteiger partial charge in [-0.1, -0.05) is 17.7 Å². The van der Waals surface area contributed by atoms with Crippen LogP contribution in [-0.2, 0) is 17.6 Å². The second kappa shape index (κ2) is 7.27. The molecule has 0 atom stereocenters. The van der Waals surface area contributed by atoms with Crippen LogP contribution in [0.5, 0.6) is 0 Å². The topological polar surface area (TPSA) is 60.9 Å². The molecule has 0 bridgehead atoms. The zero-order valence-electron chi connectivity index (χ0n) is 17.2. The molecule has 0 saturated carbocycles. The first-order chi connectivity index (χ1) is 14.5. The molecule has 2 heterocycles. The molecule has 1 saturated heterocycles. The van der Waals surface area contributed by atoms with Gasteiger partial charge in [-0.2, -0.15) is 0 Å². The quantitative estimate of drug-likeness (QED) is 0.739. The molecule has 0 N–H and O–H groups in total. The summed E-state index contributed by atoms with van der Waals surface area (Å²) in [5, 5.41) is 0. The Morgan fingerprint density at radius 2 is 1.60 bits per heavy atom. The predicted molar refractivity (Wildman–Crippen MR) is 114 cm³/mol. The third-order valence-corrected chi connectivity index (χ3v) is 6.50. The lowest BCUT2D eigenvalue weighted by Crippen LogP contribution is -2.51. The first kappa shape index (κ1) is 18.9. The number of aryl methyl sites for hydroxylation is 3. The van der Waals surface area contributed by atoms with E-state index in [0.717, 1.165) is 30.0 Å². The molecule has 1 fully saturated rings. The maximum absolute atomic E-state index is 12.8. The number of carbonyl (C=O) groups is 3. The lowest BCUT2D eigenvalue weighted by Gasteiger charge is -2.36. The van der Waals surface area contributed by atoms with Crippen LogP contribution in [-0.4, -0.2) is 60.2 Å². The van der Waals surface area contributed by atoms with E-state index in [9.17, 15) is 14.4 Å². The number of benzene rings is 2. The second-order valence-electron chi connectivity index (χ2n) is 8.42. The van der Waals surface area contributed by atoms with Gasteiger partial charge in [0, 0.05) is 31.9 Å². The summed E-state index contributed by atoms with van der Waals surface area (Å²) in [6.45, 7) is 4.39. The first-order valence-electron chi connectivity index (χ1n) is 10.6. The highest BCUT2D eigenvalue weighted by Crippen LogP contribution is 2.28. The third-order valence-electron chi connectivity index (χ3n) is 6.50. The van der Waals surface area contributed by atoms with Crippen LogP contribution >= 0.6 is 0 Å². The van der Waals surface area contributed by atoms with Crippen molar-refractivity contribution in [3.63, 3.8) is 0 Å². The minimum Gasteiger partial charge on any atom is -0.368 e. The summed E-state index contributed by atoms with van der Waals surface area (Å²) in [4.78, 5) is 43.2. The zero-order valence-corrected chi connectivity index (χ0v) is 17.2. The Kier molecular flexibility index (Phi) is 4.57. The van der Waals surface area contributed by atoms with Gasteiger partial charge >= 0.3 is 0 Å². The molecule has 0 radical (unpaired) electrons. The summed E-state index contributed by atoms with van der Waals surface area (Å²) in [5.41, 5.74) is 5.84. The molecule has 0 unspecified atom stereocenters. The van der Waals surface area contributed by atoms with Crippen LogP contribution in [0.15, 0.2) is 36.4 Å². The Labute approximate surface area is 176 Å². The van der Waals surface area contributed by atoms with E-state index in [1.807, 2.05) is 13.0 Å². The number of amides is 3. The molecule has 30 heavy (non-hydrogen) atoms. The average molecular weight is 403 g/mol. The van der Waals surface area contributed by atoms with Crippen molar-refractivity contribution in [1.82, 2.24) is 9.80 Å². The summed E-state index contributed by atoms with van der Waals surface area (Å²) < 4.78 is 0. The van der Waals surface area contributed by atoms with E-state index in [4.69, 9.17) is 0 Å². The lowest BCUT2D eigenvalue weighted by atomic mass is 10.1. The summed E-state index contributed by atoms with van der Waals surface area (Å²) in [5.74, 6) is -0.918. The van der Waals surface area contributed by atoms with Gasteiger partial charge < -0.3 is 9.80 Å². The van der Waals surface area contributed by atoms with Gasteiger partial charge in [0.1, 0.15) is 6.54 Å². The molecular formula is C24H25N3O3. The third kappa shape index (κ3) is 3.16. The van der Waals surface area contributed by atoms with Crippen LogP contribution in [0.4, 0.5) is 5.69 Å². The predicted octanol–water partition coefficient (Wildman–Crippen LogP) is 2.43. The number of anilines is 1. The standard InChI is InChI=1S/C24H25N3O3/c1-16-5-8-20-21(13-16)24(30)27(23(20)29)15-22(28)26-11-9-25(10-12-26)19-7-6-17-3-2-4-18(17)14-19/h5-8,13-14H,2-4,9-12,15H2,1H3. The number of carbonyl (C=O) groups excluding carboxylic acids is 3. The Balaban J connectivity index is 1.21. The number of rotatable bonds is 3. The van der Waals surface area contributed by atoms with Crippen molar-refractivity contribution in [3.8, 4) is 0 Å². The number of fused-ring (bicyclic) bond motifs is 2. The summed E-state index contributed by atoms with van der Waals surface area (Å²) in [7, 11) is 0. The van der Waals surface area contributed by atoms with Crippen molar-refractivity contribution in [3.05, 3.63) is 64.2 Å². The van der Waals surface area contributed by atoms with E-state index in [0.29, 0.717) is 24.2 Å². The van der Waals surface area contributed by atoms with E-state index < -0.39 is 0 Å². The van der Waals surface area contributed by atoms with Crippen LogP contribution in [0.1, 0.15) is 43.8 Å². The summed E-state index contributed by atoms with van der Waals surface area (Å²) in [6, 6.07) is 11.9. The van der Waals surface area contributed by atoms with Crippen molar-refractivity contribution in [1.29, 1.82) is 0 Å². The van der Waals surface area contributed by atoms with Crippen molar-refractivity contribution in [2.75, 3.05) is 37.6 Å². The van der Waals surface area contributed by atoms with E-state index in [1.54, 1.807) is 17.0 Å². The summed E-state index contributed by atoms with van der Waals surface area (Å²) in [6.07, 6.45) is 3.56. The van der Waals surface area contributed by atoms with Gasteiger partial charge in [-0.3, -0.25) is 19.3 Å². The fourth-order valence-corrected chi connectivity index (χ4v) is 4.75. The van der Waals surface area contributed by atoms with Crippen LogP contribution in [0.2, 0.25) is 0 Å². The fraction of sp³-hybridized carbons (Fsp3) is 0.375. The van der Waals surface area contributed by atoms with Gasteiger partial charge in [0.05, 0.1) is 11.1 Å². The lowest BCUT2D eigenvalue weighted by molar-refractivity contribution is -0.131. The SMILES string of the molecule is Cc1ccc2c(c1)C(=O)N(CC(=O)N1CCN(c3ccc4c(c3)CCC4)CC1)C2=O. The van der Waals surface area contributed by atoms with Crippen LogP contribution in [0.25, 0.3) is 0 Å². The molecule has 0 aromatic heterocycles. The van der Waals surface area contributed by atoms with E-state index in [-0.39, 0.29) is 24.3 Å². The largest absolute Gasteiger partial charge is 0.368 e. The van der Waals surface area contributed by atoms with Gasteiger partial charge in [-0.05, 0) is 61.6 Å². The second-order valence-corrected chi connectivity index (χ2v) is 8.42. The highest BCUT2D eigenvalue weighted by molar-refractivity contribution is 6.22. The molecule has 6 nitrogen and oxygen atoms in total. The molecule has 5 rings (SSSR count). The van der Waals surface area contributed by atoms with Gasteiger partial charge in [-0.15, -0.1) is 0 Å². The normalized spacial score (nSPS) is 18.1. The Hall–Kier alpha value is -3.15. The minimum absolute atomic E-state index is 0.171. The molecule has 0 spiro atoms. The van der Waals surface area contributed by atoms with Gasteiger partial charge in [0.15, 0.2) is 0 Å². The highest BCUT2D eigenvalue weighted by Gasteiger charge is 2.37. The van der Waals surface area contributed by atoms with Crippen LogP contribution in [0.3, 0.4) is 0 Å². The van der Waals surface area contributed by atoms with Crippen LogP contribution in [0, 0.1) is 6.92 Å². The van der Waals surface area contributed by atoms with E-state index in [2.05, 4.69) is 23.1 Å². The average Bonchev–Trinajstić information content (AvgIpc) is 3.32. The first-order valence-corrected chi connectivity index (χ1v) is 10.6. The molecule has 6 heteroatoms. The van der Waals surface area contributed by atoms with Gasteiger partial charge in [-0.25, -0.2) is 0 Å². The molecule has 154 valence electrons. The molecule has 2 aliphatic heterocycles. The van der Waals surface area contributed by atoms with Crippen molar-refractivity contribution >= 4 is 23.4 Å². The molecular weight excluding hydrogens is 378 g/mol. The number of piperazine rings is 1. The molecule has 3 aliphatic rings. The fourth-order valence-electron chi connectivity index (χ4n) is 4.75. The number of nitrogens with zero attached hydrogens (tertiary/aromatic N) is 3. The zero-order chi connectivity index (χ0) is 20.8. The Bertz CT molecular complexity index is 1050. The summed E-state index contributed by atoms with van der Waals surface area (Å²) >= 11 is 0. The van der Waals surface area contributed by atoms with Gasteiger partial charge in [0.2, 0.25) is 5.91 Å². The Morgan fingerprint density at radius 1 is 0.867 bits per heavy atom. The number of hydrogen-bond donors (Lipinski definition) is 0. The monoisotopic (exact) mass is 403 g/mol. The Morgan fingerprint density at radius 3 is 2.40 bits per heavy atom. The molecule has 3 amide bonds. The van der Waals surface area contributed by atoms with E-state index in [1.165, 1.54) is 29.7 Å². The van der Waals surface area contributed by atoms with Crippen LogP contribution < -0.4 is 4.90 Å². The molecule has 2 aromatic carbocycles. The molecule has 1 aliphatic carbocycles. The molecule has 2 aromatic rings. The minimum atomic E-state index is -0.375. The number of imide groups is 1. The van der Waals surface area contributed by atoms with E-state index >= 15 is 0 Å². The highest BCUT2D eigenvalue weighted by atomic mass is 16.2. The van der Waals surface area contributed by atoms with Crippen molar-refractivity contribution in [2.24, 2.45) is 0 Å². The maximum Gasteiger partial charge on any atom is 0.262 e. The van der Waals surface area contributed by atoms with Gasteiger partial charge in [0.25, 0.3) is 11.8 Å². The van der Waals surface area contributed by atoms with Crippen molar-refractivity contribution in [2.45, 2.75) is 26.2 Å². The van der Waals surface area contributed by atoms with Crippen molar-refractivity contribution < 1.29 is 14.4 Å². The maximum atomic E-state index is 12.8.